The highest BCUT2D eigenvalue weighted by Gasteiger charge is 2.04. The molecule has 0 amide bonds. The van der Waals surface area contributed by atoms with E-state index in [0.29, 0.717) is 0 Å². The molecule has 4 rings (SSSR count). The quantitative estimate of drug-likeness (QED) is 0.276. The van der Waals surface area contributed by atoms with E-state index in [9.17, 15) is 0 Å². The first kappa shape index (κ1) is 15.6. The molecule has 6 N–H and O–H groups in total. The van der Waals surface area contributed by atoms with Crippen molar-refractivity contribution in [2.75, 3.05) is 0 Å². The highest BCUT2D eigenvalue weighted by Crippen LogP contribution is 2.30. The number of aryl methyl sites for hydroxylation is 2. The van der Waals surface area contributed by atoms with Gasteiger partial charge in [-0.1, -0.05) is 0 Å². The van der Waals surface area contributed by atoms with Crippen molar-refractivity contribution in [3.8, 4) is 23.0 Å². The predicted octanol–water partition coefficient (Wildman–Crippen LogP) is 3.78. The number of nitrogens with one attached hydrogen (secondary N) is 2. The average molecular weight is 326 g/mol. The first-order valence-corrected chi connectivity index (χ1v) is 7.36. The second-order valence-corrected chi connectivity index (χ2v) is 5.76. The summed E-state index contributed by atoms with van der Waals surface area (Å²) in [6.45, 7) is 3.85. The van der Waals surface area contributed by atoms with Crippen LogP contribution >= 0.6 is 0 Å². The fraction of sp³-hybridized carbons (Fsp3) is 0.111. The summed E-state index contributed by atoms with van der Waals surface area (Å²) in [5.41, 5.74) is 3.69. The Balaban J connectivity index is 0.000000141. The number of aromatic nitrogens is 2. The fourth-order valence-corrected chi connectivity index (χ4v) is 2.60. The van der Waals surface area contributed by atoms with Gasteiger partial charge in [0.25, 0.3) is 0 Å². The molecule has 4 aromatic rings. The first-order chi connectivity index (χ1) is 11.3. The fourth-order valence-electron chi connectivity index (χ4n) is 2.60. The summed E-state index contributed by atoms with van der Waals surface area (Å²) >= 11 is 0. The van der Waals surface area contributed by atoms with Crippen LogP contribution in [0.1, 0.15) is 11.4 Å². The van der Waals surface area contributed by atoms with Crippen LogP contribution < -0.4 is 0 Å². The standard InChI is InChI=1S/2C9H9NO2/c2*1-5-2-6-3-8(11)9(12)4-7(6)10-5/h2*2-4,10-12H,1H3. The molecule has 0 saturated carbocycles. The van der Waals surface area contributed by atoms with Crippen molar-refractivity contribution in [3.63, 3.8) is 0 Å². The van der Waals surface area contributed by atoms with E-state index in [-0.39, 0.29) is 23.0 Å². The minimum Gasteiger partial charge on any atom is -0.504 e. The zero-order chi connectivity index (χ0) is 17.4. The number of H-pyrrole nitrogens is 2. The van der Waals surface area contributed by atoms with Crippen molar-refractivity contribution in [3.05, 3.63) is 47.8 Å². The number of hydrogen-bond donors (Lipinski definition) is 6. The van der Waals surface area contributed by atoms with Crippen molar-refractivity contribution in [1.82, 2.24) is 9.97 Å². The Morgan fingerprint density at radius 2 is 0.875 bits per heavy atom. The van der Waals surface area contributed by atoms with Crippen molar-refractivity contribution in [1.29, 1.82) is 0 Å². The lowest BCUT2D eigenvalue weighted by molar-refractivity contribution is 0.405. The van der Waals surface area contributed by atoms with E-state index in [2.05, 4.69) is 9.97 Å². The molecular formula is C18H18N2O4. The summed E-state index contributed by atoms with van der Waals surface area (Å²) < 4.78 is 0. The monoisotopic (exact) mass is 326 g/mol. The molecule has 0 saturated heterocycles. The second kappa shape index (κ2) is 5.73. The number of fused-ring (bicyclic) bond motifs is 2. The zero-order valence-corrected chi connectivity index (χ0v) is 13.3. The van der Waals surface area contributed by atoms with Gasteiger partial charge in [0.2, 0.25) is 0 Å². The molecule has 0 aliphatic carbocycles. The Morgan fingerprint density at radius 3 is 1.25 bits per heavy atom. The van der Waals surface area contributed by atoms with Gasteiger partial charge in [-0.15, -0.1) is 0 Å². The van der Waals surface area contributed by atoms with Crippen molar-refractivity contribution in [2.45, 2.75) is 13.8 Å². The lowest BCUT2D eigenvalue weighted by Crippen LogP contribution is -1.70. The molecular weight excluding hydrogens is 308 g/mol. The third-order valence-electron chi connectivity index (χ3n) is 3.70. The van der Waals surface area contributed by atoms with Crippen LogP contribution in [-0.2, 0) is 0 Å². The highest BCUT2D eigenvalue weighted by atomic mass is 16.3. The minimum absolute atomic E-state index is 0.0819. The maximum Gasteiger partial charge on any atom is 0.159 e. The predicted molar refractivity (Wildman–Crippen MR) is 92.7 cm³/mol. The van der Waals surface area contributed by atoms with Crippen LogP contribution in [0.4, 0.5) is 0 Å². The smallest absolute Gasteiger partial charge is 0.159 e. The van der Waals surface area contributed by atoms with Crippen molar-refractivity contribution >= 4 is 21.8 Å². The second-order valence-electron chi connectivity index (χ2n) is 5.76. The minimum atomic E-state index is -0.0932. The molecule has 24 heavy (non-hydrogen) atoms. The van der Waals surface area contributed by atoms with E-state index in [4.69, 9.17) is 20.4 Å². The SMILES string of the molecule is Cc1cc2cc(O)c(O)cc2[nH]1.Cc1cc2cc(O)c(O)cc2[nH]1. The van der Waals surface area contributed by atoms with E-state index >= 15 is 0 Å². The third-order valence-corrected chi connectivity index (χ3v) is 3.70. The maximum atomic E-state index is 9.16. The summed E-state index contributed by atoms with van der Waals surface area (Å²) in [5, 5.41) is 38.4. The van der Waals surface area contributed by atoms with Gasteiger partial charge >= 0.3 is 0 Å². The van der Waals surface area contributed by atoms with E-state index in [1.165, 1.54) is 24.3 Å². The number of aromatic amines is 2. The van der Waals surface area contributed by atoms with Crippen LogP contribution in [0.2, 0.25) is 0 Å². The number of phenolic OH excluding ortho intramolecular Hbond substituents is 4. The number of aromatic hydroxyl groups is 4. The summed E-state index contributed by atoms with van der Waals surface area (Å²) in [5.74, 6) is -0.350. The van der Waals surface area contributed by atoms with Gasteiger partial charge in [0.05, 0.1) is 0 Å². The molecule has 2 aromatic heterocycles. The normalized spacial score (nSPS) is 10.8. The van der Waals surface area contributed by atoms with E-state index < -0.39 is 0 Å². The highest BCUT2D eigenvalue weighted by molar-refractivity contribution is 5.84. The molecule has 2 heterocycles. The van der Waals surface area contributed by atoms with E-state index in [1.54, 1.807) is 0 Å². The van der Waals surface area contributed by atoms with Crippen LogP contribution in [0.15, 0.2) is 36.4 Å². The Hall–Kier alpha value is -3.28. The zero-order valence-electron chi connectivity index (χ0n) is 13.3. The molecule has 0 bridgehead atoms. The molecule has 0 radical (unpaired) electrons. The van der Waals surface area contributed by atoms with E-state index in [0.717, 1.165) is 33.2 Å². The van der Waals surface area contributed by atoms with Crippen molar-refractivity contribution < 1.29 is 20.4 Å². The Labute approximate surface area is 137 Å². The topological polar surface area (TPSA) is 112 Å². The molecule has 0 aliphatic heterocycles. The van der Waals surface area contributed by atoms with Gasteiger partial charge in [0.1, 0.15) is 0 Å². The molecule has 0 aliphatic rings. The van der Waals surface area contributed by atoms with Crippen LogP contribution in [0.25, 0.3) is 21.8 Å². The Bertz CT molecular complexity index is 869. The number of phenols is 4. The number of benzene rings is 2. The Morgan fingerprint density at radius 1 is 0.542 bits per heavy atom. The Kier molecular flexibility index (Phi) is 3.73. The van der Waals surface area contributed by atoms with Gasteiger partial charge < -0.3 is 30.4 Å². The molecule has 6 heteroatoms. The van der Waals surface area contributed by atoms with Crippen LogP contribution in [0.5, 0.6) is 23.0 Å². The molecule has 2 aromatic carbocycles. The van der Waals surface area contributed by atoms with Gasteiger partial charge in [-0.3, -0.25) is 0 Å². The summed E-state index contributed by atoms with van der Waals surface area (Å²) in [7, 11) is 0. The van der Waals surface area contributed by atoms with Gasteiger partial charge in [-0.05, 0) is 38.1 Å². The lowest BCUT2D eigenvalue weighted by Gasteiger charge is -1.95. The van der Waals surface area contributed by atoms with Crippen LogP contribution in [0.3, 0.4) is 0 Å². The molecule has 6 nitrogen and oxygen atoms in total. The largest absolute Gasteiger partial charge is 0.504 e. The van der Waals surface area contributed by atoms with Crippen LogP contribution in [-0.4, -0.2) is 30.4 Å². The molecule has 0 fully saturated rings. The average Bonchev–Trinajstić information content (AvgIpc) is 3.01. The van der Waals surface area contributed by atoms with Crippen molar-refractivity contribution in [2.24, 2.45) is 0 Å². The summed E-state index contributed by atoms with van der Waals surface area (Å²) in [6, 6.07) is 9.92. The molecule has 0 atom stereocenters. The maximum absolute atomic E-state index is 9.16. The summed E-state index contributed by atoms with van der Waals surface area (Å²) in [4.78, 5) is 6.11. The van der Waals surface area contributed by atoms with Gasteiger partial charge in [-0.25, -0.2) is 0 Å². The first-order valence-electron chi connectivity index (χ1n) is 7.36. The number of hydrogen-bond acceptors (Lipinski definition) is 4. The molecule has 124 valence electrons. The molecule has 0 spiro atoms. The van der Waals surface area contributed by atoms with Gasteiger partial charge in [-0.2, -0.15) is 0 Å². The van der Waals surface area contributed by atoms with Gasteiger partial charge in [0, 0.05) is 45.3 Å². The van der Waals surface area contributed by atoms with E-state index in [1.807, 2.05) is 26.0 Å². The lowest BCUT2D eigenvalue weighted by atomic mass is 10.2. The number of rotatable bonds is 0. The van der Waals surface area contributed by atoms with Gasteiger partial charge in [0.15, 0.2) is 23.0 Å². The summed E-state index contributed by atoms with van der Waals surface area (Å²) in [6.07, 6.45) is 0. The van der Waals surface area contributed by atoms with Crippen LogP contribution in [0, 0.1) is 13.8 Å². The third kappa shape index (κ3) is 2.94. The molecule has 0 unspecified atom stereocenters.